The van der Waals surface area contributed by atoms with E-state index in [2.05, 4.69) is 5.32 Å². The van der Waals surface area contributed by atoms with Crippen LogP contribution in [0, 0.1) is 5.92 Å². The number of carboxylic acid groups (broad SMARTS) is 1. The first-order valence-electron chi connectivity index (χ1n) is 7.84. The summed E-state index contributed by atoms with van der Waals surface area (Å²) in [5.74, 6) is -1.18. The minimum atomic E-state index is -0.948. The second kappa shape index (κ2) is 9.44. The number of hydrogen-bond acceptors (Lipinski definition) is 4. The van der Waals surface area contributed by atoms with Crippen LogP contribution in [0.2, 0.25) is 5.02 Å². The van der Waals surface area contributed by atoms with Crippen molar-refractivity contribution in [1.29, 1.82) is 0 Å². The van der Waals surface area contributed by atoms with E-state index in [4.69, 9.17) is 16.3 Å². The highest BCUT2D eigenvalue weighted by Gasteiger charge is 2.20. The number of carbonyl (C=O) groups is 2. The van der Waals surface area contributed by atoms with Crippen molar-refractivity contribution in [2.75, 3.05) is 13.7 Å². The molecule has 2 N–H and O–H groups in total. The number of aliphatic carboxylic acids is 1. The van der Waals surface area contributed by atoms with E-state index in [9.17, 15) is 14.7 Å². The lowest BCUT2D eigenvalue weighted by molar-refractivity contribution is -0.141. The molecule has 0 aliphatic heterocycles. The highest BCUT2D eigenvalue weighted by molar-refractivity contribution is 7.10. The summed E-state index contributed by atoms with van der Waals surface area (Å²) in [6, 6.07) is 9.12. The van der Waals surface area contributed by atoms with Gasteiger partial charge in [0, 0.05) is 23.2 Å². The molecule has 1 heterocycles. The molecule has 1 aromatic heterocycles. The van der Waals surface area contributed by atoms with E-state index in [1.807, 2.05) is 29.6 Å². The number of methoxy groups -OCH3 is 1. The molecule has 1 aromatic carbocycles. The van der Waals surface area contributed by atoms with Gasteiger partial charge in [0.25, 0.3) is 0 Å². The van der Waals surface area contributed by atoms with Crippen LogP contribution in [-0.4, -0.2) is 30.6 Å². The number of aryl methyl sites for hydroxylation is 1. The summed E-state index contributed by atoms with van der Waals surface area (Å²) in [4.78, 5) is 24.5. The van der Waals surface area contributed by atoms with Crippen molar-refractivity contribution in [2.24, 2.45) is 5.92 Å². The average Bonchev–Trinajstić information content (AvgIpc) is 3.02. The van der Waals surface area contributed by atoms with Crippen LogP contribution in [0.3, 0.4) is 0 Å². The number of carbonyl (C=O) groups excluding carboxylic acids is 1. The fraction of sp³-hybridized carbons (Fsp3) is 0.333. The number of para-hydroxylation sites is 1. The lowest BCUT2D eigenvalue weighted by Gasteiger charge is -2.15. The number of ether oxygens (including phenoxy) is 1. The first kappa shape index (κ1) is 19.3. The predicted octanol–water partition coefficient (Wildman–Crippen LogP) is 3.40. The lowest BCUT2D eigenvalue weighted by atomic mass is 9.98. The monoisotopic (exact) mass is 381 g/mol. The van der Waals surface area contributed by atoms with Gasteiger partial charge >= 0.3 is 5.97 Å². The van der Waals surface area contributed by atoms with Crippen LogP contribution in [0.25, 0.3) is 0 Å². The summed E-state index contributed by atoms with van der Waals surface area (Å²) < 4.78 is 5.25. The Bertz CT molecular complexity index is 731. The molecule has 0 aliphatic rings. The van der Waals surface area contributed by atoms with Crippen LogP contribution in [0.1, 0.15) is 16.9 Å². The van der Waals surface area contributed by atoms with E-state index in [0.29, 0.717) is 30.0 Å². The molecular weight excluding hydrogens is 362 g/mol. The van der Waals surface area contributed by atoms with E-state index in [1.165, 1.54) is 11.3 Å². The number of amides is 1. The van der Waals surface area contributed by atoms with Gasteiger partial charge in [-0.15, -0.1) is 11.3 Å². The third-order valence-corrected chi connectivity index (χ3v) is 5.12. The zero-order valence-corrected chi connectivity index (χ0v) is 15.4. The molecule has 0 radical (unpaired) electrons. The molecule has 5 nitrogen and oxygen atoms in total. The van der Waals surface area contributed by atoms with E-state index in [-0.39, 0.29) is 12.5 Å². The molecule has 134 valence electrons. The minimum Gasteiger partial charge on any atom is -0.496 e. The van der Waals surface area contributed by atoms with Crippen molar-refractivity contribution in [2.45, 2.75) is 19.3 Å². The van der Waals surface area contributed by atoms with E-state index >= 15 is 0 Å². The number of nitrogens with one attached hydrogen (secondary N) is 1. The normalized spacial score (nSPS) is 11.8. The van der Waals surface area contributed by atoms with Gasteiger partial charge in [0.05, 0.1) is 18.1 Å². The van der Waals surface area contributed by atoms with Crippen LogP contribution < -0.4 is 10.1 Å². The fourth-order valence-corrected chi connectivity index (χ4v) is 3.51. The standard InChI is InChI=1S/C18H20ClNO4S/c1-24-16-5-3-2-4-12(16)8-13(18(22)23)10-20-17(21)7-6-15-9-14(19)11-25-15/h2-5,9,11,13H,6-8,10H2,1H3,(H,20,21)(H,22,23). The van der Waals surface area contributed by atoms with Gasteiger partial charge < -0.3 is 15.2 Å². The van der Waals surface area contributed by atoms with Gasteiger partial charge in [-0.2, -0.15) is 0 Å². The minimum absolute atomic E-state index is 0.0808. The second-order valence-corrected chi connectivity index (χ2v) is 7.02. The zero-order chi connectivity index (χ0) is 18.2. The van der Waals surface area contributed by atoms with Crippen LogP contribution in [0.15, 0.2) is 35.7 Å². The molecule has 1 unspecified atom stereocenters. The van der Waals surface area contributed by atoms with Crippen LogP contribution in [-0.2, 0) is 22.4 Å². The van der Waals surface area contributed by atoms with Crippen molar-refractivity contribution in [3.8, 4) is 5.75 Å². The Labute approximate surface area is 155 Å². The van der Waals surface area contributed by atoms with Crippen LogP contribution in [0.4, 0.5) is 0 Å². The Hall–Kier alpha value is -2.05. The maximum atomic E-state index is 12.0. The number of thiophene rings is 1. The summed E-state index contributed by atoms with van der Waals surface area (Å²) >= 11 is 7.36. The van der Waals surface area contributed by atoms with E-state index < -0.39 is 11.9 Å². The van der Waals surface area contributed by atoms with Crippen molar-refractivity contribution < 1.29 is 19.4 Å². The van der Waals surface area contributed by atoms with Crippen LogP contribution in [0.5, 0.6) is 5.75 Å². The molecule has 0 fully saturated rings. The number of rotatable bonds is 9. The van der Waals surface area contributed by atoms with Crippen molar-refractivity contribution >= 4 is 34.8 Å². The highest BCUT2D eigenvalue weighted by Crippen LogP contribution is 2.22. The smallest absolute Gasteiger partial charge is 0.308 e. The first-order chi connectivity index (χ1) is 12.0. The van der Waals surface area contributed by atoms with Crippen LogP contribution >= 0.6 is 22.9 Å². The Morgan fingerprint density at radius 1 is 1.36 bits per heavy atom. The Kier molecular flexibility index (Phi) is 7.28. The molecule has 2 rings (SSSR count). The maximum absolute atomic E-state index is 12.0. The quantitative estimate of drug-likeness (QED) is 0.698. The number of halogens is 1. The van der Waals surface area contributed by atoms with Gasteiger partial charge in [-0.1, -0.05) is 29.8 Å². The van der Waals surface area contributed by atoms with E-state index in [0.717, 1.165) is 10.4 Å². The molecule has 7 heteroatoms. The van der Waals surface area contributed by atoms with Crippen molar-refractivity contribution in [1.82, 2.24) is 5.32 Å². The summed E-state index contributed by atoms with van der Waals surface area (Å²) in [6.45, 7) is 0.0808. The van der Waals surface area contributed by atoms with Crippen molar-refractivity contribution in [3.63, 3.8) is 0 Å². The SMILES string of the molecule is COc1ccccc1CC(CNC(=O)CCc1cc(Cl)cs1)C(=O)O. The molecule has 0 bridgehead atoms. The van der Waals surface area contributed by atoms with Crippen molar-refractivity contribution in [3.05, 3.63) is 51.2 Å². The highest BCUT2D eigenvalue weighted by atomic mass is 35.5. The third kappa shape index (κ3) is 6.07. The molecule has 1 amide bonds. The molecular formula is C18H20ClNO4S. The van der Waals surface area contributed by atoms with Gasteiger partial charge in [-0.05, 0) is 30.5 Å². The molecule has 0 saturated heterocycles. The van der Waals surface area contributed by atoms with Gasteiger partial charge in [0.1, 0.15) is 5.75 Å². The molecule has 25 heavy (non-hydrogen) atoms. The number of hydrogen-bond donors (Lipinski definition) is 2. The molecule has 2 aromatic rings. The second-order valence-electron chi connectivity index (χ2n) is 5.59. The lowest BCUT2D eigenvalue weighted by Crippen LogP contribution is -2.34. The first-order valence-corrected chi connectivity index (χ1v) is 9.09. The Morgan fingerprint density at radius 2 is 2.12 bits per heavy atom. The average molecular weight is 382 g/mol. The Morgan fingerprint density at radius 3 is 2.76 bits per heavy atom. The summed E-state index contributed by atoms with van der Waals surface area (Å²) in [5, 5.41) is 14.6. The van der Waals surface area contributed by atoms with Gasteiger partial charge in [-0.25, -0.2) is 0 Å². The molecule has 1 atom stereocenters. The molecule has 0 spiro atoms. The number of carboxylic acids is 1. The summed E-state index contributed by atoms with van der Waals surface area (Å²) in [7, 11) is 1.55. The fourth-order valence-electron chi connectivity index (χ4n) is 2.43. The largest absolute Gasteiger partial charge is 0.496 e. The van der Waals surface area contributed by atoms with E-state index in [1.54, 1.807) is 13.2 Å². The topological polar surface area (TPSA) is 75.6 Å². The van der Waals surface area contributed by atoms with Gasteiger partial charge in [-0.3, -0.25) is 9.59 Å². The maximum Gasteiger partial charge on any atom is 0.308 e. The summed E-state index contributed by atoms with van der Waals surface area (Å²) in [5.41, 5.74) is 0.805. The third-order valence-electron chi connectivity index (χ3n) is 3.77. The molecule has 0 aliphatic carbocycles. The number of benzene rings is 1. The molecule has 0 saturated carbocycles. The van der Waals surface area contributed by atoms with Gasteiger partial charge in [0.2, 0.25) is 5.91 Å². The van der Waals surface area contributed by atoms with Gasteiger partial charge in [0.15, 0.2) is 0 Å². The zero-order valence-electron chi connectivity index (χ0n) is 13.8. The summed E-state index contributed by atoms with van der Waals surface area (Å²) in [6.07, 6.45) is 1.19. The predicted molar refractivity (Wildman–Crippen MR) is 98.5 cm³/mol. The Balaban J connectivity index is 1.86.